The number of aryl methyl sites for hydroxylation is 1. The lowest BCUT2D eigenvalue weighted by Crippen LogP contribution is -2.46. The van der Waals surface area contributed by atoms with Crippen molar-refractivity contribution in [1.29, 1.82) is 0 Å². The van der Waals surface area contributed by atoms with Crippen LogP contribution < -0.4 is 15.8 Å². The van der Waals surface area contributed by atoms with E-state index in [0.29, 0.717) is 6.54 Å². The summed E-state index contributed by atoms with van der Waals surface area (Å²) in [6.45, 7) is 4.42. The molecule has 29 heavy (non-hydrogen) atoms. The Balaban J connectivity index is 1.24. The van der Waals surface area contributed by atoms with Gasteiger partial charge in [0.2, 0.25) is 5.91 Å². The molecule has 2 aliphatic heterocycles. The summed E-state index contributed by atoms with van der Waals surface area (Å²) < 4.78 is 1.31. The average Bonchev–Trinajstić information content (AvgIpc) is 3.23. The molecule has 4 rings (SSSR count). The Morgan fingerprint density at radius 2 is 1.90 bits per heavy atom. The van der Waals surface area contributed by atoms with Crippen LogP contribution in [0.15, 0.2) is 47.4 Å². The number of piperidine rings is 1. The second-order valence-electron chi connectivity index (χ2n) is 8.15. The van der Waals surface area contributed by atoms with Crippen LogP contribution >= 0.6 is 0 Å². The van der Waals surface area contributed by atoms with Gasteiger partial charge in [0.05, 0.1) is 17.8 Å². The van der Waals surface area contributed by atoms with Gasteiger partial charge in [0.25, 0.3) is 5.56 Å². The number of rotatable bonds is 5. The molecule has 1 atom stereocenters. The molecule has 7 nitrogen and oxygen atoms in total. The molecule has 0 spiro atoms. The predicted molar refractivity (Wildman–Crippen MR) is 113 cm³/mol. The lowest BCUT2D eigenvalue weighted by Gasteiger charge is -2.32. The number of likely N-dealkylation sites (tertiary alicyclic amines) is 1. The Bertz CT molecular complexity index is 890. The van der Waals surface area contributed by atoms with E-state index in [1.165, 1.54) is 10.2 Å². The molecule has 0 bridgehead atoms. The fourth-order valence-corrected chi connectivity index (χ4v) is 4.24. The maximum absolute atomic E-state index is 12.8. The molecule has 1 aromatic carbocycles. The zero-order chi connectivity index (χ0) is 20.2. The van der Waals surface area contributed by atoms with E-state index < -0.39 is 0 Å². The third-order valence-electron chi connectivity index (χ3n) is 6.06. The van der Waals surface area contributed by atoms with Gasteiger partial charge in [-0.05, 0) is 24.8 Å². The molecule has 1 N–H and O–H groups in total. The molecule has 1 amide bonds. The average molecular weight is 396 g/mol. The highest BCUT2D eigenvalue weighted by Gasteiger charge is 2.31. The molecule has 1 unspecified atom stereocenters. The van der Waals surface area contributed by atoms with Crippen molar-refractivity contribution in [2.75, 3.05) is 31.1 Å². The number of anilines is 1. The molecule has 1 aromatic heterocycles. The molecule has 3 heterocycles. The first kappa shape index (κ1) is 19.6. The number of aromatic nitrogens is 2. The van der Waals surface area contributed by atoms with E-state index in [0.717, 1.165) is 51.1 Å². The first-order chi connectivity index (χ1) is 14.1. The smallest absolute Gasteiger partial charge is 0.268 e. The minimum Gasteiger partial charge on any atom is -0.369 e. The number of carbonyl (C=O) groups is 1. The van der Waals surface area contributed by atoms with Crippen molar-refractivity contribution in [1.82, 2.24) is 20.0 Å². The monoisotopic (exact) mass is 395 g/mol. The second kappa shape index (κ2) is 8.78. The van der Waals surface area contributed by atoms with Crippen LogP contribution in [-0.2, 0) is 18.4 Å². The minimum absolute atomic E-state index is 0.0265. The van der Waals surface area contributed by atoms with Gasteiger partial charge in [-0.25, -0.2) is 4.68 Å². The van der Waals surface area contributed by atoms with Gasteiger partial charge in [-0.3, -0.25) is 14.5 Å². The third kappa shape index (κ3) is 4.85. The summed E-state index contributed by atoms with van der Waals surface area (Å²) in [4.78, 5) is 29.1. The maximum atomic E-state index is 12.8. The van der Waals surface area contributed by atoms with Gasteiger partial charge in [-0.15, -0.1) is 0 Å². The van der Waals surface area contributed by atoms with Crippen molar-refractivity contribution < 1.29 is 4.79 Å². The van der Waals surface area contributed by atoms with Crippen LogP contribution in [0.1, 0.15) is 24.8 Å². The Kier molecular flexibility index (Phi) is 5.94. The molecule has 0 radical (unpaired) electrons. The predicted octanol–water partition coefficient (Wildman–Crippen LogP) is 1.39. The second-order valence-corrected chi connectivity index (χ2v) is 8.15. The summed E-state index contributed by atoms with van der Waals surface area (Å²) in [7, 11) is 1.64. The third-order valence-corrected chi connectivity index (χ3v) is 6.06. The van der Waals surface area contributed by atoms with Gasteiger partial charge in [-0.2, -0.15) is 5.10 Å². The van der Waals surface area contributed by atoms with E-state index in [9.17, 15) is 9.59 Å². The number of carbonyl (C=O) groups excluding carboxylic acids is 1. The van der Waals surface area contributed by atoms with Crippen molar-refractivity contribution >= 4 is 11.6 Å². The van der Waals surface area contributed by atoms with Crippen LogP contribution in [-0.4, -0.2) is 52.8 Å². The van der Waals surface area contributed by atoms with Crippen LogP contribution in [0.25, 0.3) is 0 Å². The van der Waals surface area contributed by atoms with Gasteiger partial charge in [0.1, 0.15) is 0 Å². The van der Waals surface area contributed by atoms with Gasteiger partial charge >= 0.3 is 0 Å². The summed E-state index contributed by atoms with van der Waals surface area (Å²) in [6.07, 6.45) is 4.50. The maximum Gasteiger partial charge on any atom is 0.268 e. The van der Waals surface area contributed by atoms with Crippen LogP contribution in [0, 0.1) is 5.92 Å². The lowest BCUT2D eigenvalue weighted by molar-refractivity contribution is -0.125. The van der Waals surface area contributed by atoms with Gasteiger partial charge in [-0.1, -0.05) is 30.3 Å². The van der Waals surface area contributed by atoms with Crippen molar-refractivity contribution in [3.8, 4) is 0 Å². The molecule has 2 fully saturated rings. The molecule has 0 saturated carbocycles. The molecule has 2 saturated heterocycles. The number of hydrogen-bond donors (Lipinski definition) is 1. The number of nitrogens with one attached hydrogen (secondary N) is 1. The summed E-state index contributed by atoms with van der Waals surface area (Å²) in [5.41, 5.74) is 2.02. The van der Waals surface area contributed by atoms with E-state index in [1.54, 1.807) is 19.3 Å². The van der Waals surface area contributed by atoms with E-state index in [-0.39, 0.29) is 23.4 Å². The van der Waals surface area contributed by atoms with Crippen LogP contribution in [0.5, 0.6) is 0 Å². The van der Waals surface area contributed by atoms with Gasteiger partial charge in [0.15, 0.2) is 0 Å². The summed E-state index contributed by atoms with van der Waals surface area (Å²) in [5, 5.41) is 7.35. The fraction of sp³-hybridized carbons (Fsp3) is 0.500. The van der Waals surface area contributed by atoms with Crippen LogP contribution in [0.4, 0.5) is 5.69 Å². The molecular formula is C22H29N5O2. The number of hydrogen-bond acceptors (Lipinski definition) is 5. The zero-order valence-electron chi connectivity index (χ0n) is 17.0. The Hall–Kier alpha value is -2.67. The standard InChI is InChI=1S/C22H29N5O2/c1-25-21(28)13-20(14-23-25)27-12-7-18(16-27)22(29)24-19-8-10-26(11-9-19)15-17-5-3-2-4-6-17/h2-6,13-14,18-19H,7-12,15-16H2,1H3,(H,24,29). The summed E-state index contributed by atoms with van der Waals surface area (Å²) >= 11 is 0. The lowest BCUT2D eigenvalue weighted by atomic mass is 10.0. The Labute approximate surface area is 171 Å². The van der Waals surface area contributed by atoms with Crippen LogP contribution in [0.2, 0.25) is 0 Å². The highest BCUT2D eigenvalue weighted by molar-refractivity contribution is 5.80. The van der Waals surface area contributed by atoms with E-state index in [1.807, 2.05) is 6.07 Å². The summed E-state index contributed by atoms with van der Waals surface area (Å²) in [6, 6.07) is 12.4. The first-order valence-corrected chi connectivity index (χ1v) is 10.4. The highest BCUT2D eigenvalue weighted by atomic mass is 16.2. The molecule has 2 aromatic rings. The normalized spacial score (nSPS) is 20.7. The zero-order valence-corrected chi connectivity index (χ0v) is 17.0. The first-order valence-electron chi connectivity index (χ1n) is 10.4. The number of amides is 1. The summed E-state index contributed by atoms with van der Waals surface area (Å²) in [5.74, 6) is 0.118. The number of nitrogens with zero attached hydrogens (tertiary/aromatic N) is 4. The molecule has 2 aliphatic rings. The fourth-order valence-electron chi connectivity index (χ4n) is 4.24. The van der Waals surface area contributed by atoms with E-state index >= 15 is 0 Å². The Morgan fingerprint density at radius 3 is 2.62 bits per heavy atom. The molecular weight excluding hydrogens is 366 g/mol. The SMILES string of the molecule is Cn1ncc(N2CCC(C(=O)NC3CCN(Cc4ccccc4)CC3)C2)cc1=O. The topological polar surface area (TPSA) is 70.5 Å². The minimum atomic E-state index is -0.127. The molecule has 7 heteroatoms. The molecule has 154 valence electrons. The van der Waals surface area contributed by atoms with Crippen molar-refractivity contribution in [3.05, 3.63) is 58.5 Å². The van der Waals surface area contributed by atoms with Crippen molar-refractivity contribution in [2.24, 2.45) is 13.0 Å². The van der Waals surface area contributed by atoms with E-state index in [4.69, 9.17) is 0 Å². The van der Waals surface area contributed by atoms with Crippen LogP contribution in [0.3, 0.4) is 0 Å². The van der Waals surface area contributed by atoms with Gasteiger partial charge < -0.3 is 10.2 Å². The highest BCUT2D eigenvalue weighted by Crippen LogP contribution is 2.23. The van der Waals surface area contributed by atoms with Crippen molar-refractivity contribution in [2.45, 2.75) is 31.8 Å². The van der Waals surface area contributed by atoms with Crippen molar-refractivity contribution in [3.63, 3.8) is 0 Å². The van der Waals surface area contributed by atoms with E-state index in [2.05, 4.69) is 44.5 Å². The Morgan fingerprint density at radius 1 is 1.14 bits per heavy atom. The quantitative estimate of drug-likeness (QED) is 0.829. The van der Waals surface area contributed by atoms with Gasteiger partial charge in [0, 0.05) is 51.9 Å². The largest absolute Gasteiger partial charge is 0.369 e. The number of benzene rings is 1. The molecule has 0 aliphatic carbocycles.